The van der Waals surface area contributed by atoms with Gasteiger partial charge in [-0.15, -0.1) is 0 Å². The van der Waals surface area contributed by atoms with Crippen LogP contribution < -0.4 is 20.9 Å². The highest BCUT2D eigenvalue weighted by atomic mass is 16.5. The third-order valence-corrected chi connectivity index (χ3v) is 5.00. The Hall–Kier alpha value is -3.81. The number of amides is 2. The van der Waals surface area contributed by atoms with E-state index in [-0.39, 0.29) is 30.2 Å². The van der Waals surface area contributed by atoms with E-state index >= 15 is 0 Å². The zero-order chi connectivity index (χ0) is 22.9. The summed E-state index contributed by atoms with van der Waals surface area (Å²) in [6, 6.07) is 15.9. The average Bonchev–Trinajstić information content (AvgIpc) is 3.11. The molecule has 0 aliphatic carbocycles. The minimum atomic E-state index is -0.877. The minimum Gasteiger partial charge on any atom is -0.494 e. The maximum absolute atomic E-state index is 12.9. The van der Waals surface area contributed by atoms with Crippen LogP contribution >= 0.6 is 0 Å². The molecule has 1 atom stereocenters. The van der Waals surface area contributed by atoms with E-state index in [9.17, 15) is 14.4 Å². The largest absolute Gasteiger partial charge is 0.494 e. The lowest BCUT2D eigenvalue weighted by molar-refractivity contribution is -0.128. The first-order chi connectivity index (χ1) is 15.5. The van der Waals surface area contributed by atoms with Gasteiger partial charge in [0.15, 0.2) is 0 Å². The minimum absolute atomic E-state index is 0.0891. The molecule has 3 aromatic rings. The summed E-state index contributed by atoms with van der Waals surface area (Å²) < 4.78 is 6.75. The van der Waals surface area contributed by atoms with Crippen LogP contribution in [-0.2, 0) is 36.0 Å². The number of hydrogen-bond acceptors (Lipinski definition) is 4. The van der Waals surface area contributed by atoms with Crippen molar-refractivity contribution in [2.45, 2.75) is 32.4 Å². The summed E-state index contributed by atoms with van der Waals surface area (Å²) in [5.74, 6) is 0.0802. The van der Waals surface area contributed by atoms with Crippen LogP contribution in [0.25, 0.3) is 0 Å². The van der Waals surface area contributed by atoms with Gasteiger partial charge in [-0.25, -0.2) is 0 Å². The molecular formula is C24H28N4O4. The van der Waals surface area contributed by atoms with Gasteiger partial charge in [0.05, 0.1) is 13.0 Å². The smallest absolute Gasteiger partial charge is 0.269 e. The fourth-order valence-corrected chi connectivity index (χ4v) is 3.30. The predicted octanol–water partition coefficient (Wildman–Crippen LogP) is 1.70. The normalized spacial score (nSPS) is 11.6. The van der Waals surface area contributed by atoms with Crippen LogP contribution in [0, 0.1) is 0 Å². The van der Waals surface area contributed by atoms with Crippen molar-refractivity contribution in [2.24, 2.45) is 7.05 Å². The fourth-order valence-electron chi connectivity index (χ4n) is 3.30. The molecule has 1 aromatic heterocycles. The second-order valence-electron chi connectivity index (χ2n) is 7.44. The first-order valence-corrected chi connectivity index (χ1v) is 10.5. The highest BCUT2D eigenvalue weighted by molar-refractivity contribution is 5.88. The summed E-state index contributed by atoms with van der Waals surface area (Å²) in [5.41, 5.74) is 1.94. The molecule has 3 rings (SSSR count). The monoisotopic (exact) mass is 436 g/mol. The SMILES string of the molecule is CCOc1ccc(CC(=O)NC(Cc2c[nH]n(C)c2=O)C(=O)NCc2ccccc2)cc1. The fraction of sp³-hybridized carbons (Fsp3) is 0.292. The van der Waals surface area contributed by atoms with Crippen molar-refractivity contribution in [1.82, 2.24) is 20.4 Å². The number of ether oxygens (including phenoxy) is 1. The number of hydrogen-bond donors (Lipinski definition) is 3. The number of aromatic nitrogens is 2. The number of aryl methyl sites for hydroxylation is 1. The standard InChI is InChI=1S/C24H28N4O4/c1-3-32-20-11-9-17(10-12-20)13-22(29)27-21(14-19-16-26-28(2)24(19)31)23(30)25-15-18-7-5-4-6-8-18/h4-12,16,21,26H,3,13-15H2,1-2H3,(H,25,30)(H,27,29). The van der Waals surface area contributed by atoms with Crippen LogP contribution in [-0.4, -0.2) is 34.2 Å². The lowest BCUT2D eigenvalue weighted by Crippen LogP contribution is -2.48. The van der Waals surface area contributed by atoms with Gasteiger partial charge in [-0.3, -0.25) is 19.1 Å². The van der Waals surface area contributed by atoms with E-state index in [1.165, 1.54) is 4.68 Å². The Morgan fingerprint density at radius 2 is 1.78 bits per heavy atom. The van der Waals surface area contributed by atoms with Crippen molar-refractivity contribution in [3.63, 3.8) is 0 Å². The first kappa shape index (κ1) is 22.9. The molecule has 8 nitrogen and oxygen atoms in total. The quantitative estimate of drug-likeness (QED) is 0.450. The van der Waals surface area contributed by atoms with Crippen molar-refractivity contribution >= 4 is 11.8 Å². The molecule has 0 bridgehead atoms. The van der Waals surface area contributed by atoms with E-state index in [1.807, 2.05) is 49.4 Å². The van der Waals surface area contributed by atoms with Crippen molar-refractivity contribution in [2.75, 3.05) is 6.61 Å². The summed E-state index contributed by atoms with van der Waals surface area (Å²) in [6.07, 6.45) is 1.75. The number of nitrogens with one attached hydrogen (secondary N) is 3. The van der Waals surface area contributed by atoms with E-state index < -0.39 is 6.04 Å². The van der Waals surface area contributed by atoms with Crippen LogP contribution in [0.15, 0.2) is 65.6 Å². The van der Waals surface area contributed by atoms with E-state index in [0.717, 1.165) is 16.9 Å². The number of aromatic amines is 1. The molecule has 0 fully saturated rings. The highest BCUT2D eigenvalue weighted by Crippen LogP contribution is 2.12. The molecule has 0 aliphatic rings. The number of carbonyl (C=O) groups is 2. The van der Waals surface area contributed by atoms with E-state index in [4.69, 9.17) is 4.74 Å². The van der Waals surface area contributed by atoms with Gasteiger partial charge in [0.1, 0.15) is 11.8 Å². The molecule has 3 N–H and O–H groups in total. The van der Waals surface area contributed by atoms with Crippen LogP contribution in [0.1, 0.15) is 23.6 Å². The zero-order valence-electron chi connectivity index (χ0n) is 18.3. The van der Waals surface area contributed by atoms with Crippen molar-refractivity contribution in [3.05, 3.63) is 87.8 Å². The molecule has 1 unspecified atom stereocenters. The molecule has 0 saturated heterocycles. The Bertz CT molecular complexity index is 1090. The Morgan fingerprint density at radius 1 is 1.06 bits per heavy atom. The first-order valence-electron chi connectivity index (χ1n) is 10.5. The third kappa shape index (κ3) is 6.34. The van der Waals surface area contributed by atoms with Gasteiger partial charge in [0.25, 0.3) is 5.56 Å². The summed E-state index contributed by atoms with van der Waals surface area (Å²) in [6.45, 7) is 2.80. The molecule has 0 radical (unpaired) electrons. The Morgan fingerprint density at radius 3 is 2.41 bits per heavy atom. The summed E-state index contributed by atoms with van der Waals surface area (Å²) >= 11 is 0. The summed E-state index contributed by atoms with van der Waals surface area (Å²) in [7, 11) is 1.60. The zero-order valence-corrected chi connectivity index (χ0v) is 18.3. The van der Waals surface area contributed by atoms with Crippen LogP contribution in [0.5, 0.6) is 5.75 Å². The molecule has 2 amide bonds. The number of H-pyrrole nitrogens is 1. The molecule has 0 spiro atoms. The molecule has 32 heavy (non-hydrogen) atoms. The molecule has 1 heterocycles. The Balaban J connectivity index is 1.67. The molecule has 8 heteroatoms. The molecule has 168 valence electrons. The highest BCUT2D eigenvalue weighted by Gasteiger charge is 2.23. The number of rotatable bonds is 10. The Labute approximate surface area is 186 Å². The van der Waals surface area contributed by atoms with Gasteiger partial charge in [-0.2, -0.15) is 0 Å². The van der Waals surface area contributed by atoms with E-state index in [0.29, 0.717) is 18.7 Å². The Kier molecular flexibility index (Phi) is 7.85. The number of nitrogens with zero attached hydrogens (tertiary/aromatic N) is 1. The van der Waals surface area contributed by atoms with Gasteiger partial charge in [-0.1, -0.05) is 42.5 Å². The van der Waals surface area contributed by atoms with Crippen molar-refractivity contribution in [3.8, 4) is 5.75 Å². The third-order valence-electron chi connectivity index (χ3n) is 5.00. The van der Waals surface area contributed by atoms with Crippen molar-refractivity contribution < 1.29 is 14.3 Å². The van der Waals surface area contributed by atoms with Crippen LogP contribution in [0.4, 0.5) is 0 Å². The summed E-state index contributed by atoms with van der Waals surface area (Å²) in [5, 5.41) is 8.42. The number of benzene rings is 2. The van der Waals surface area contributed by atoms with Gasteiger partial charge < -0.3 is 20.5 Å². The van der Waals surface area contributed by atoms with Gasteiger partial charge in [0, 0.05) is 31.8 Å². The molecule has 0 aliphatic heterocycles. The van der Waals surface area contributed by atoms with Crippen LogP contribution in [0.2, 0.25) is 0 Å². The molecule has 2 aromatic carbocycles. The predicted molar refractivity (Wildman–Crippen MR) is 121 cm³/mol. The maximum atomic E-state index is 12.9. The average molecular weight is 437 g/mol. The topological polar surface area (TPSA) is 105 Å². The van der Waals surface area contributed by atoms with Gasteiger partial charge in [-0.05, 0) is 30.2 Å². The van der Waals surface area contributed by atoms with E-state index in [1.54, 1.807) is 25.4 Å². The number of carbonyl (C=O) groups excluding carboxylic acids is 2. The van der Waals surface area contributed by atoms with Gasteiger partial charge >= 0.3 is 0 Å². The molecular weight excluding hydrogens is 408 g/mol. The van der Waals surface area contributed by atoms with Crippen LogP contribution in [0.3, 0.4) is 0 Å². The second kappa shape index (κ2) is 11.0. The summed E-state index contributed by atoms with van der Waals surface area (Å²) in [4.78, 5) is 37.8. The van der Waals surface area contributed by atoms with Crippen molar-refractivity contribution in [1.29, 1.82) is 0 Å². The lowest BCUT2D eigenvalue weighted by atomic mass is 10.1. The lowest BCUT2D eigenvalue weighted by Gasteiger charge is -2.18. The van der Waals surface area contributed by atoms with Gasteiger partial charge in [0.2, 0.25) is 11.8 Å². The van der Waals surface area contributed by atoms with E-state index in [2.05, 4.69) is 15.7 Å². The maximum Gasteiger partial charge on any atom is 0.269 e. The second-order valence-corrected chi connectivity index (χ2v) is 7.44. The molecule has 0 saturated carbocycles.